The van der Waals surface area contributed by atoms with Crippen molar-refractivity contribution in [3.05, 3.63) is 103 Å². The number of aliphatic imine (C=N–C) groups is 1. The number of halogens is 1. The fourth-order valence-electron chi connectivity index (χ4n) is 6.95. The molecule has 13 nitrogen and oxygen atoms in total. The number of carbonyl (C=O) groups excluding carboxylic acids is 4. The molecule has 2 amide bonds. The standard InChI is InChI=1S/C41H45ClN4O9S2/c1-45(26-8-10-27(11-9-26)55-40(51)41(52,35-6-4-18-56-35)36-7-5-19-57-36)16-17-46(2)38(50)24-54-34-21-33(53-3)25(20-30(34)42)22-43-23-32(48)28-12-14-31(47)39-29(28)13-15-37(49)44-39/h4-7,12-15,18-21,26-27,32,43,48,52H,8-11,16-17,22-24H2,1-3H3/t26?,27?,32-/m0/s1. The smallest absolute Gasteiger partial charge is 0.349 e. The Balaban J connectivity index is 0.932. The number of hydrogen-bond acceptors (Lipinski definition) is 13. The number of aliphatic hydroxyl groups excluding tert-OH is 1. The number of rotatable bonds is 17. The van der Waals surface area contributed by atoms with Gasteiger partial charge in [0.1, 0.15) is 23.3 Å². The van der Waals surface area contributed by atoms with Crippen LogP contribution in [0.15, 0.2) is 87.6 Å². The highest BCUT2D eigenvalue weighted by Gasteiger charge is 2.45. The molecule has 57 heavy (non-hydrogen) atoms. The van der Waals surface area contributed by atoms with Gasteiger partial charge in [-0.25, -0.2) is 9.79 Å². The zero-order chi connectivity index (χ0) is 40.7. The van der Waals surface area contributed by atoms with Gasteiger partial charge >= 0.3 is 5.97 Å². The Labute approximate surface area is 343 Å². The van der Waals surface area contributed by atoms with Gasteiger partial charge in [-0.2, -0.15) is 0 Å². The molecule has 3 aliphatic rings. The van der Waals surface area contributed by atoms with Crippen molar-refractivity contribution in [3.63, 3.8) is 0 Å². The van der Waals surface area contributed by atoms with Crippen LogP contribution in [0, 0.1) is 0 Å². The predicted molar refractivity (Wildman–Crippen MR) is 218 cm³/mol. The number of allylic oxidation sites excluding steroid dienone is 3. The molecule has 1 saturated carbocycles. The van der Waals surface area contributed by atoms with Crippen LogP contribution < -0.4 is 14.8 Å². The fraction of sp³-hybridized carbons (Fsp3) is 0.390. The lowest BCUT2D eigenvalue weighted by Gasteiger charge is -2.36. The molecular weight excluding hydrogens is 792 g/mol. The summed E-state index contributed by atoms with van der Waals surface area (Å²) in [4.78, 5) is 59.0. The molecule has 3 N–H and O–H groups in total. The fourth-order valence-corrected chi connectivity index (χ4v) is 8.91. The summed E-state index contributed by atoms with van der Waals surface area (Å²) in [6, 6.07) is 10.7. The van der Waals surface area contributed by atoms with Crippen molar-refractivity contribution >= 4 is 63.6 Å². The minimum Gasteiger partial charge on any atom is -0.496 e. The second kappa shape index (κ2) is 18.9. The van der Waals surface area contributed by atoms with Crippen molar-refractivity contribution in [1.82, 2.24) is 15.1 Å². The maximum absolute atomic E-state index is 13.4. The lowest BCUT2D eigenvalue weighted by Crippen LogP contribution is -2.44. The number of ketones is 1. The van der Waals surface area contributed by atoms with E-state index in [0.29, 0.717) is 58.1 Å². The highest BCUT2D eigenvalue weighted by molar-refractivity contribution is 7.12. The molecule has 0 unspecified atom stereocenters. The number of nitrogens with zero attached hydrogens (tertiary/aromatic N) is 3. The van der Waals surface area contributed by atoms with Crippen LogP contribution in [-0.4, -0.2) is 115 Å². The van der Waals surface area contributed by atoms with Crippen molar-refractivity contribution in [2.24, 2.45) is 4.99 Å². The maximum Gasteiger partial charge on any atom is 0.349 e. The molecule has 1 fully saturated rings. The van der Waals surface area contributed by atoms with E-state index in [2.05, 4.69) is 15.2 Å². The molecule has 3 heterocycles. The summed E-state index contributed by atoms with van der Waals surface area (Å²) in [7, 11) is 5.25. The lowest BCUT2D eigenvalue weighted by molar-refractivity contribution is -0.169. The largest absolute Gasteiger partial charge is 0.496 e. The van der Waals surface area contributed by atoms with Gasteiger partial charge in [-0.3, -0.25) is 14.4 Å². The maximum atomic E-state index is 13.4. The van der Waals surface area contributed by atoms with Gasteiger partial charge in [0, 0.05) is 62.5 Å². The highest BCUT2D eigenvalue weighted by atomic mass is 35.5. The number of methoxy groups -OCH3 is 1. The first-order chi connectivity index (χ1) is 27.4. The summed E-state index contributed by atoms with van der Waals surface area (Å²) in [5, 5.41) is 29.6. The van der Waals surface area contributed by atoms with Gasteiger partial charge in [-0.05, 0) is 79.4 Å². The quantitative estimate of drug-likeness (QED) is 0.130. The van der Waals surface area contributed by atoms with Crippen LogP contribution >= 0.6 is 34.3 Å². The number of fused-ring (bicyclic) bond motifs is 1. The lowest BCUT2D eigenvalue weighted by atomic mass is 9.89. The first-order valence-corrected chi connectivity index (χ1v) is 20.6. The summed E-state index contributed by atoms with van der Waals surface area (Å²) in [6.45, 7) is 1.28. The summed E-state index contributed by atoms with van der Waals surface area (Å²) in [5.41, 5.74) is -0.222. The van der Waals surface area contributed by atoms with Crippen LogP contribution in [-0.2, 0) is 36.1 Å². The Kier molecular flexibility index (Phi) is 13.9. The molecule has 6 rings (SSSR count). The van der Waals surface area contributed by atoms with Gasteiger partial charge < -0.3 is 39.5 Å². The summed E-state index contributed by atoms with van der Waals surface area (Å²) >= 11 is 9.20. The molecule has 1 aromatic carbocycles. The average Bonchev–Trinajstić information content (AvgIpc) is 3.96. The van der Waals surface area contributed by atoms with Crippen molar-refractivity contribution < 1.29 is 43.6 Å². The van der Waals surface area contributed by atoms with E-state index in [9.17, 15) is 29.4 Å². The molecule has 16 heteroatoms. The Bertz CT molecular complexity index is 2040. The minimum absolute atomic E-state index is 0.0208. The summed E-state index contributed by atoms with van der Waals surface area (Å²) in [6.07, 6.45) is 7.25. The average molecular weight is 837 g/mol. The number of nitrogens with one attached hydrogen (secondary N) is 1. The van der Waals surface area contributed by atoms with Crippen LogP contribution in [0.1, 0.15) is 41.0 Å². The number of dihydropyridines is 1. The molecule has 1 atom stereocenters. The van der Waals surface area contributed by atoms with E-state index >= 15 is 0 Å². The zero-order valence-corrected chi connectivity index (χ0v) is 34.2. The number of likely N-dealkylation sites (N-methyl/N-ethyl adjacent to an activating group) is 2. The SMILES string of the molecule is COc1cc(OCC(=O)N(C)CCN(C)C2CCC(OC(=O)C(O)(c3cccs3)c3cccs3)CC2)c(Cl)cc1CNC[C@H](O)C1=C2C=CC(=O)N=C2C(=O)C=C1. The highest BCUT2D eigenvalue weighted by Crippen LogP contribution is 2.38. The van der Waals surface area contributed by atoms with E-state index in [1.807, 2.05) is 29.9 Å². The van der Waals surface area contributed by atoms with Gasteiger partial charge in [0.2, 0.25) is 11.4 Å². The molecule has 0 radical (unpaired) electrons. The number of hydrogen-bond donors (Lipinski definition) is 3. The third-order valence-electron chi connectivity index (χ3n) is 10.3. The topological polar surface area (TPSA) is 167 Å². The Hall–Kier alpha value is -4.48. The van der Waals surface area contributed by atoms with Crippen LogP contribution in [0.25, 0.3) is 0 Å². The Morgan fingerprint density at radius 2 is 1.70 bits per heavy atom. The number of thiophene rings is 2. The first kappa shape index (κ1) is 42.1. The first-order valence-electron chi connectivity index (χ1n) is 18.5. The van der Waals surface area contributed by atoms with Crippen molar-refractivity contribution in [2.75, 3.05) is 47.4 Å². The molecule has 2 aliphatic carbocycles. The molecule has 302 valence electrons. The summed E-state index contributed by atoms with van der Waals surface area (Å²) < 4.78 is 17.3. The van der Waals surface area contributed by atoms with E-state index in [0.717, 1.165) is 12.8 Å². The van der Waals surface area contributed by atoms with Crippen LogP contribution in [0.5, 0.6) is 11.5 Å². The summed E-state index contributed by atoms with van der Waals surface area (Å²) in [5.74, 6) is -1.03. The van der Waals surface area contributed by atoms with Gasteiger partial charge in [0.05, 0.1) is 28.0 Å². The van der Waals surface area contributed by atoms with E-state index in [-0.39, 0.29) is 54.2 Å². The Morgan fingerprint density at radius 3 is 2.35 bits per heavy atom. The van der Waals surface area contributed by atoms with E-state index < -0.39 is 29.4 Å². The molecule has 0 saturated heterocycles. The number of aliphatic hydroxyl groups is 2. The van der Waals surface area contributed by atoms with Gasteiger partial charge in [0.15, 0.2) is 6.61 Å². The third-order valence-corrected chi connectivity index (χ3v) is 12.6. The number of esters is 1. The number of carbonyl (C=O) groups is 4. The Morgan fingerprint density at radius 1 is 1.00 bits per heavy atom. The normalized spacial score (nSPS) is 18.7. The second-order valence-corrected chi connectivity index (χ2v) is 16.3. The van der Waals surface area contributed by atoms with Crippen LogP contribution in [0.2, 0.25) is 5.02 Å². The number of benzene rings is 1. The van der Waals surface area contributed by atoms with Crippen molar-refractivity contribution in [2.45, 2.75) is 56.1 Å². The van der Waals surface area contributed by atoms with Crippen LogP contribution in [0.3, 0.4) is 0 Å². The molecule has 0 bridgehead atoms. The molecular formula is C41H45ClN4O9S2. The van der Waals surface area contributed by atoms with Gasteiger partial charge in [0.25, 0.3) is 11.8 Å². The van der Waals surface area contributed by atoms with Gasteiger partial charge in [-0.1, -0.05) is 29.8 Å². The second-order valence-electron chi connectivity index (χ2n) is 14.0. The van der Waals surface area contributed by atoms with E-state index in [4.69, 9.17) is 25.8 Å². The van der Waals surface area contributed by atoms with Gasteiger partial charge in [-0.15, -0.1) is 22.7 Å². The zero-order valence-electron chi connectivity index (χ0n) is 31.8. The predicted octanol–water partition coefficient (Wildman–Crippen LogP) is 4.45. The molecule has 0 spiro atoms. The monoisotopic (exact) mass is 836 g/mol. The number of amides is 2. The molecule has 1 aliphatic heterocycles. The van der Waals surface area contributed by atoms with Crippen LogP contribution in [0.4, 0.5) is 0 Å². The minimum atomic E-state index is -1.82. The number of ether oxygens (including phenoxy) is 3. The van der Waals surface area contributed by atoms with Crippen molar-refractivity contribution in [1.29, 1.82) is 0 Å². The van der Waals surface area contributed by atoms with Crippen molar-refractivity contribution in [3.8, 4) is 11.5 Å². The van der Waals surface area contributed by atoms with E-state index in [1.54, 1.807) is 36.2 Å². The third kappa shape index (κ3) is 9.80. The van der Waals surface area contributed by atoms with E-state index in [1.165, 1.54) is 54.1 Å². The molecule has 3 aromatic rings. The molecule has 2 aromatic heterocycles.